The Morgan fingerprint density at radius 2 is 1.69 bits per heavy atom. The first-order chi connectivity index (χ1) is 12.2. The standard InChI is InChI=1S/C22H28BrNO2/c1-13(2)18-7-8-21(20(23)11-18)26-12-22(25)24-17(6)19-10-15(4)14(3)9-16(19)5/h7-11,13,17H,12H2,1-6H3,(H,24,25)/t17-/m1/s1. The highest BCUT2D eigenvalue weighted by atomic mass is 79.9. The quantitative estimate of drug-likeness (QED) is 0.648. The van der Waals surface area contributed by atoms with Gasteiger partial charge in [0.15, 0.2) is 6.61 Å². The number of aryl methyl sites for hydroxylation is 3. The molecule has 0 unspecified atom stereocenters. The van der Waals surface area contributed by atoms with Crippen LogP contribution < -0.4 is 10.1 Å². The molecular weight excluding hydrogens is 390 g/mol. The van der Waals surface area contributed by atoms with Crippen LogP contribution in [-0.4, -0.2) is 12.5 Å². The van der Waals surface area contributed by atoms with Crippen LogP contribution >= 0.6 is 15.9 Å². The Kier molecular flexibility index (Phi) is 6.87. The van der Waals surface area contributed by atoms with Crippen LogP contribution in [0, 0.1) is 20.8 Å². The summed E-state index contributed by atoms with van der Waals surface area (Å²) in [4.78, 5) is 12.3. The van der Waals surface area contributed by atoms with E-state index in [1.54, 1.807) is 0 Å². The summed E-state index contributed by atoms with van der Waals surface area (Å²) >= 11 is 3.52. The monoisotopic (exact) mass is 417 g/mol. The van der Waals surface area contributed by atoms with Crippen molar-refractivity contribution in [3.8, 4) is 5.75 Å². The molecular formula is C22H28BrNO2. The number of nitrogens with one attached hydrogen (secondary N) is 1. The molecule has 0 fully saturated rings. The molecule has 0 aliphatic carbocycles. The molecule has 0 bridgehead atoms. The van der Waals surface area contributed by atoms with E-state index in [4.69, 9.17) is 4.74 Å². The fourth-order valence-corrected chi connectivity index (χ4v) is 3.46. The minimum Gasteiger partial charge on any atom is -0.483 e. The molecule has 2 aromatic rings. The maximum atomic E-state index is 12.3. The van der Waals surface area contributed by atoms with Crippen molar-refractivity contribution < 1.29 is 9.53 Å². The molecule has 2 rings (SSSR count). The van der Waals surface area contributed by atoms with Gasteiger partial charge in [0, 0.05) is 0 Å². The number of hydrogen-bond acceptors (Lipinski definition) is 2. The number of ether oxygens (including phenoxy) is 1. The Morgan fingerprint density at radius 3 is 2.31 bits per heavy atom. The molecule has 26 heavy (non-hydrogen) atoms. The third-order valence-electron chi connectivity index (χ3n) is 4.71. The van der Waals surface area contributed by atoms with Crippen molar-refractivity contribution in [1.29, 1.82) is 0 Å². The molecule has 2 aromatic carbocycles. The van der Waals surface area contributed by atoms with Gasteiger partial charge in [-0.15, -0.1) is 0 Å². The van der Waals surface area contributed by atoms with Crippen molar-refractivity contribution >= 4 is 21.8 Å². The summed E-state index contributed by atoms with van der Waals surface area (Å²) in [6, 6.07) is 10.2. The fourth-order valence-electron chi connectivity index (χ4n) is 2.95. The molecule has 0 aliphatic heterocycles. The molecule has 1 atom stereocenters. The zero-order valence-corrected chi connectivity index (χ0v) is 18.0. The van der Waals surface area contributed by atoms with E-state index in [9.17, 15) is 4.79 Å². The van der Waals surface area contributed by atoms with Gasteiger partial charge in [-0.05, 0) is 89.5 Å². The molecule has 0 heterocycles. The first-order valence-corrected chi connectivity index (χ1v) is 9.77. The SMILES string of the molecule is Cc1cc(C)c([C@@H](C)NC(=O)COc2ccc(C(C)C)cc2Br)cc1C. The van der Waals surface area contributed by atoms with E-state index in [1.165, 1.54) is 22.3 Å². The van der Waals surface area contributed by atoms with Crippen LogP contribution in [0.15, 0.2) is 34.8 Å². The third-order valence-corrected chi connectivity index (χ3v) is 5.33. The number of rotatable bonds is 6. The van der Waals surface area contributed by atoms with Gasteiger partial charge in [0.25, 0.3) is 5.91 Å². The zero-order valence-electron chi connectivity index (χ0n) is 16.4. The second-order valence-corrected chi connectivity index (χ2v) is 8.07. The lowest BCUT2D eigenvalue weighted by Crippen LogP contribution is -2.31. The van der Waals surface area contributed by atoms with Gasteiger partial charge in [0.05, 0.1) is 10.5 Å². The average Bonchev–Trinajstić information content (AvgIpc) is 2.56. The molecule has 0 saturated carbocycles. The Bertz CT molecular complexity index is 799. The van der Waals surface area contributed by atoms with Crippen LogP contribution in [0.4, 0.5) is 0 Å². The van der Waals surface area contributed by atoms with Crippen molar-refractivity contribution in [3.05, 3.63) is 62.6 Å². The van der Waals surface area contributed by atoms with Crippen molar-refractivity contribution in [1.82, 2.24) is 5.32 Å². The Balaban J connectivity index is 1.98. The topological polar surface area (TPSA) is 38.3 Å². The summed E-state index contributed by atoms with van der Waals surface area (Å²) in [5, 5.41) is 3.02. The first-order valence-electron chi connectivity index (χ1n) is 8.98. The van der Waals surface area contributed by atoms with Gasteiger partial charge in [-0.25, -0.2) is 0 Å². The van der Waals surface area contributed by atoms with Crippen molar-refractivity contribution in [2.45, 2.75) is 53.5 Å². The smallest absolute Gasteiger partial charge is 0.258 e. The summed E-state index contributed by atoms with van der Waals surface area (Å²) in [6.07, 6.45) is 0. The molecule has 4 heteroatoms. The largest absolute Gasteiger partial charge is 0.483 e. The first kappa shape index (κ1) is 20.5. The predicted octanol–water partition coefficient (Wildman–Crippen LogP) is 5.75. The van der Waals surface area contributed by atoms with Crippen LogP contribution in [0.25, 0.3) is 0 Å². The molecule has 1 N–H and O–H groups in total. The van der Waals surface area contributed by atoms with Crippen LogP contribution in [0.1, 0.15) is 60.5 Å². The zero-order chi connectivity index (χ0) is 19.4. The van der Waals surface area contributed by atoms with Crippen molar-refractivity contribution in [2.75, 3.05) is 6.61 Å². The van der Waals surface area contributed by atoms with E-state index in [-0.39, 0.29) is 18.6 Å². The average molecular weight is 418 g/mol. The molecule has 140 valence electrons. The number of benzene rings is 2. The van der Waals surface area contributed by atoms with Crippen LogP contribution in [0.2, 0.25) is 0 Å². The second kappa shape index (κ2) is 8.72. The van der Waals surface area contributed by atoms with Crippen LogP contribution in [0.3, 0.4) is 0 Å². The molecule has 0 radical (unpaired) electrons. The van der Waals surface area contributed by atoms with Gasteiger partial charge in [-0.3, -0.25) is 4.79 Å². The van der Waals surface area contributed by atoms with E-state index >= 15 is 0 Å². The van der Waals surface area contributed by atoms with E-state index in [1.807, 2.05) is 25.1 Å². The van der Waals surface area contributed by atoms with Gasteiger partial charge < -0.3 is 10.1 Å². The molecule has 0 spiro atoms. The fraction of sp³-hybridized carbons (Fsp3) is 0.409. The number of amides is 1. The van der Waals surface area contributed by atoms with Crippen molar-refractivity contribution in [2.24, 2.45) is 0 Å². The molecule has 0 saturated heterocycles. The number of halogens is 1. The molecule has 1 amide bonds. The number of carbonyl (C=O) groups excluding carboxylic acids is 1. The van der Waals surface area contributed by atoms with Gasteiger partial charge in [-0.1, -0.05) is 32.0 Å². The van der Waals surface area contributed by atoms with Gasteiger partial charge in [0.2, 0.25) is 0 Å². The number of hydrogen-bond donors (Lipinski definition) is 1. The minimum atomic E-state index is -0.130. The molecule has 0 aromatic heterocycles. The lowest BCUT2D eigenvalue weighted by molar-refractivity contribution is -0.123. The van der Waals surface area contributed by atoms with Gasteiger partial charge >= 0.3 is 0 Å². The Morgan fingerprint density at radius 1 is 1.04 bits per heavy atom. The molecule has 0 aliphatic rings. The van der Waals surface area contributed by atoms with E-state index in [0.29, 0.717) is 11.7 Å². The summed E-state index contributed by atoms with van der Waals surface area (Å²) in [6.45, 7) is 12.6. The summed E-state index contributed by atoms with van der Waals surface area (Å²) in [5.41, 5.74) is 6.06. The lowest BCUT2D eigenvalue weighted by Gasteiger charge is -2.19. The van der Waals surface area contributed by atoms with Crippen LogP contribution in [-0.2, 0) is 4.79 Å². The highest BCUT2D eigenvalue weighted by Gasteiger charge is 2.14. The second-order valence-electron chi connectivity index (χ2n) is 7.22. The maximum Gasteiger partial charge on any atom is 0.258 e. The summed E-state index contributed by atoms with van der Waals surface area (Å²) in [7, 11) is 0. The summed E-state index contributed by atoms with van der Waals surface area (Å²) < 4.78 is 6.55. The third kappa shape index (κ3) is 5.10. The minimum absolute atomic E-state index is 0.00609. The molecule has 3 nitrogen and oxygen atoms in total. The maximum absolute atomic E-state index is 12.3. The van der Waals surface area contributed by atoms with E-state index in [2.05, 4.69) is 68.0 Å². The summed E-state index contributed by atoms with van der Waals surface area (Å²) in [5.74, 6) is 1.00. The van der Waals surface area contributed by atoms with Gasteiger partial charge in [-0.2, -0.15) is 0 Å². The predicted molar refractivity (Wildman–Crippen MR) is 111 cm³/mol. The highest BCUT2D eigenvalue weighted by molar-refractivity contribution is 9.10. The van der Waals surface area contributed by atoms with E-state index < -0.39 is 0 Å². The lowest BCUT2D eigenvalue weighted by atomic mass is 9.96. The highest BCUT2D eigenvalue weighted by Crippen LogP contribution is 2.29. The van der Waals surface area contributed by atoms with Gasteiger partial charge in [0.1, 0.15) is 5.75 Å². The van der Waals surface area contributed by atoms with Crippen molar-refractivity contribution in [3.63, 3.8) is 0 Å². The number of carbonyl (C=O) groups is 1. The Labute approximate surface area is 165 Å². The Hall–Kier alpha value is -1.81. The van der Waals surface area contributed by atoms with Crippen LogP contribution in [0.5, 0.6) is 5.75 Å². The normalized spacial score (nSPS) is 12.2. The van der Waals surface area contributed by atoms with E-state index in [0.717, 1.165) is 10.0 Å².